The average molecular weight is 376 g/mol. The number of amides is 1. The van der Waals surface area contributed by atoms with Gasteiger partial charge in [-0.25, -0.2) is 8.78 Å². The first-order chi connectivity index (χ1) is 11.3. The Kier molecular flexibility index (Phi) is 8.25. The topological polar surface area (TPSA) is 58.4 Å². The standard InChI is InChI=1S/C18H27F2N3O.ClH/c1-3-9-18(2,21)17(24)22-13-6-5-10-23(11-13)12-14-15(19)7-4-8-16(14)20;/h4,7-8,13H,3,5-6,9-12,21H2,1-2H3,(H,22,24);1H. The van der Waals surface area contributed by atoms with Crippen LogP contribution in [-0.2, 0) is 11.3 Å². The Hall–Kier alpha value is -1.24. The number of benzene rings is 1. The minimum absolute atomic E-state index is 0. The average Bonchev–Trinajstić information content (AvgIpc) is 2.51. The highest BCUT2D eigenvalue weighted by Crippen LogP contribution is 2.19. The van der Waals surface area contributed by atoms with Crippen molar-refractivity contribution in [3.05, 3.63) is 35.4 Å². The number of halogens is 3. The number of nitrogens with one attached hydrogen (secondary N) is 1. The van der Waals surface area contributed by atoms with Crippen LogP contribution in [-0.4, -0.2) is 35.5 Å². The molecule has 0 aliphatic carbocycles. The number of likely N-dealkylation sites (tertiary alicyclic amines) is 1. The molecule has 0 saturated carbocycles. The Morgan fingerprint density at radius 1 is 1.40 bits per heavy atom. The molecule has 142 valence electrons. The summed E-state index contributed by atoms with van der Waals surface area (Å²) in [6.07, 6.45) is 3.18. The first kappa shape index (κ1) is 21.8. The zero-order valence-electron chi connectivity index (χ0n) is 14.9. The second-order valence-corrected chi connectivity index (χ2v) is 6.92. The summed E-state index contributed by atoms with van der Waals surface area (Å²) >= 11 is 0. The maximum atomic E-state index is 13.8. The van der Waals surface area contributed by atoms with Gasteiger partial charge in [0.15, 0.2) is 0 Å². The van der Waals surface area contributed by atoms with Crippen LogP contribution < -0.4 is 11.1 Å². The molecule has 2 rings (SSSR count). The molecule has 2 unspecified atom stereocenters. The number of carbonyl (C=O) groups is 1. The summed E-state index contributed by atoms with van der Waals surface area (Å²) in [4.78, 5) is 14.3. The summed E-state index contributed by atoms with van der Waals surface area (Å²) in [5.41, 5.74) is 5.26. The van der Waals surface area contributed by atoms with Crippen LogP contribution in [0.5, 0.6) is 0 Å². The molecule has 0 bridgehead atoms. The van der Waals surface area contributed by atoms with E-state index < -0.39 is 17.2 Å². The third-order valence-corrected chi connectivity index (χ3v) is 4.57. The Bertz CT molecular complexity index is 563. The SMILES string of the molecule is CCCC(C)(N)C(=O)NC1CCCN(Cc2c(F)cccc2F)C1.Cl. The quantitative estimate of drug-likeness (QED) is 0.803. The van der Waals surface area contributed by atoms with Crippen LogP contribution in [0.4, 0.5) is 8.78 Å². The number of hydrogen-bond acceptors (Lipinski definition) is 3. The number of hydrogen-bond donors (Lipinski definition) is 2. The van der Waals surface area contributed by atoms with Crippen LogP contribution in [0, 0.1) is 11.6 Å². The molecule has 1 saturated heterocycles. The molecule has 7 heteroatoms. The maximum Gasteiger partial charge on any atom is 0.240 e. The molecule has 1 amide bonds. The fourth-order valence-electron chi connectivity index (χ4n) is 3.21. The highest BCUT2D eigenvalue weighted by Gasteiger charge is 2.30. The predicted octanol–water partition coefficient (Wildman–Crippen LogP) is 2.98. The molecule has 25 heavy (non-hydrogen) atoms. The van der Waals surface area contributed by atoms with E-state index in [1.807, 2.05) is 11.8 Å². The molecular formula is C18H28ClF2N3O. The van der Waals surface area contributed by atoms with Crippen LogP contribution >= 0.6 is 12.4 Å². The summed E-state index contributed by atoms with van der Waals surface area (Å²) in [5, 5.41) is 3.00. The van der Waals surface area contributed by atoms with Crippen molar-refractivity contribution < 1.29 is 13.6 Å². The summed E-state index contributed by atoms with van der Waals surface area (Å²) < 4.78 is 27.6. The van der Waals surface area contributed by atoms with Crippen molar-refractivity contribution in [1.29, 1.82) is 0 Å². The van der Waals surface area contributed by atoms with Gasteiger partial charge in [0.1, 0.15) is 11.6 Å². The van der Waals surface area contributed by atoms with Crippen LogP contribution in [0.25, 0.3) is 0 Å². The van der Waals surface area contributed by atoms with Crippen LogP contribution in [0.3, 0.4) is 0 Å². The number of carbonyl (C=O) groups excluding carboxylic acids is 1. The second-order valence-electron chi connectivity index (χ2n) is 6.92. The molecular weight excluding hydrogens is 348 g/mol. The molecule has 2 atom stereocenters. The van der Waals surface area contributed by atoms with Gasteiger partial charge >= 0.3 is 0 Å². The van der Waals surface area contributed by atoms with Crippen LogP contribution in [0.1, 0.15) is 45.1 Å². The fourth-order valence-corrected chi connectivity index (χ4v) is 3.21. The molecule has 1 fully saturated rings. The number of nitrogens with two attached hydrogens (primary N) is 1. The van der Waals surface area contributed by atoms with Gasteiger partial charge in [-0.3, -0.25) is 9.69 Å². The molecule has 3 N–H and O–H groups in total. The molecule has 1 aromatic carbocycles. The molecule has 1 aliphatic rings. The fraction of sp³-hybridized carbons (Fsp3) is 0.611. The first-order valence-electron chi connectivity index (χ1n) is 8.58. The van der Waals surface area contributed by atoms with E-state index >= 15 is 0 Å². The zero-order chi connectivity index (χ0) is 17.7. The van der Waals surface area contributed by atoms with Gasteiger partial charge in [0, 0.05) is 24.7 Å². The Morgan fingerprint density at radius 2 is 2.04 bits per heavy atom. The van der Waals surface area contributed by atoms with Crippen LogP contribution in [0.2, 0.25) is 0 Å². The molecule has 4 nitrogen and oxygen atoms in total. The van der Waals surface area contributed by atoms with Crippen LogP contribution in [0.15, 0.2) is 18.2 Å². The van der Waals surface area contributed by atoms with Crippen molar-refractivity contribution in [2.75, 3.05) is 13.1 Å². The molecule has 1 aromatic rings. The van der Waals surface area contributed by atoms with E-state index in [1.54, 1.807) is 6.92 Å². The van der Waals surface area contributed by atoms with Gasteiger partial charge in [0.2, 0.25) is 5.91 Å². The predicted molar refractivity (Wildman–Crippen MR) is 97.5 cm³/mol. The smallest absolute Gasteiger partial charge is 0.240 e. The molecule has 0 spiro atoms. The van der Waals surface area contributed by atoms with Crippen molar-refractivity contribution in [2.24, 2.45) is 5.73 Å². The third-order valence-electron chi connectivity index (χ3n) is 4.57. The molecule has 1 heterocycles. The minimum Gasteiger partial charge on any atom is -0.350 e. The first-order valence-corrected chi connectivity index (χ1v) is 8.58. The Labute approximate surface area is 154 Å². The number of rotatable bonds is 6. The monoisotopic (exact) mass is 375 g/mol. The summed E-state index contributed by atoms with van der Waals surface area (Å²) in [5.74, 6) is -1.22. The third kappa shape index (κ3) is 5.90. The van der Waals surface area contributed by atoms with E-state index in [0.717, 1.165) is 25.8 Å². The van der Waals surface area contributed by atoms with Crippen molar-refractivity contribution in [3.63, 3.8) is 0 Å². The zero-order valence-corrected chi connectivity index (χ0v) is 15.7. The van der Waals surface area contributed by atoms with Crippen molar-refractivity contribution in [2.45, 2.75) is 57.7 Å². The van der Waals surface area contributed by atoms with Gasteiger partial charge in [-0.1, -0.05) is 19.4 Å². The van der Waals surface area contributed by atoms with E-state index in [4.69, 9.17) is 5.73 Å². The largest absolute Gasteiger partial charge is 0.350 e. The van der Waals surface area contributed by atoms with Crippen molar-refractivity contribution >= 4 is 18.3 Å². The Morgan fingerprint density at radius 3 is 2.64 bits per heavy atom. The molecule has 0 aromatic heterocycles. The number of piperidine rings is 1. The van der Waals surface area contributed by atoms with E-state index in [2.05, 4.69) is 5.32 Å². The number of nitrogens with zero attached hydrogens (tertiary/aromatic N) is 1. The lowest BCUT2D eigenvalue weighted by atomic mass is 9.95. The van der Waals surface area contributed by atoms with E-state index in [1.165, 1.54) is 18.2 Å². The molecule has 1 aliphatic heterocycles. The van der Waals surface area contributed by atoms with Gasteiger partial charge in [-0.2, -0.15) is 0 Å². The van der Waals surface area contributed by atoms with Gasteiger partial charge in [-0.15, -0.1) is 12.4 Å². The molecule has 0 radical (unpaired) electrons. The van der Waals surface area contributed by atoms with Crippen molar-refractivity contribution in [1.82, 2.24) is 10.2 Å². The van der Waals surface area contributed by atoms with E-state index in [-0.39, 0.29) is 36.5 Å². The second kappa shape index (κ2) is 9.46. The highest BCUT2D eigenvalue weighted by atomic mass is 35.5. The lowest BCUT2D eigenvalue weighted by molar-refractivity contribution is -0.127. The summed E-state index contributed by atoms with van der Waals surface area (Å²) in [7, 11) is 0. The van der Waals surface area contributed by atoms with Gasteiger partial charge < -0.3 is 11.1 Å². The minimum atomic E-state index is -0.880. The van der Waals surface area contributed by atoms with Gasteiger partial charge in [0.05, 0.1) is 5.54 Å². The highest BCUT2D eigenvalue weighted by molar-refractivity contribution is 5.86. The lowest BCUT2D eigenvalue weighted by Gasteiger charge is -2.35. The Balaban J connectivity index is 0.00000312. The summed E-state index contributed by atoms with van der Waals surface area (Å²) in [6, 6.07) is 3.86. The summed E-state index contributed by atoms with van der Waals surface area (Å²) in [6.45, 7) is 5.27. The van der Waals surface area contributed by atoms with E-state index in [9.17, 15) is 13.6 Å². The van der Waals surface area contributed by atoms with Gasteiger partial charge in [-0.05, 0) is 44.9 Å². The van der Waals surface area contributed by atoms with E-state index in [0.29, 0.717) is 13.0 Å². The maximum absolute atomic E-state index is 13.8. The lowest BCUT2D eigenvalue weighted by Crippen LogP contribution is -2.57. The van der Waals surface area contributed by atoms with Gasteiger partial charge in [0.25, 0.3) is 0 Å². The van der Waals surface area contributed by atoms with Crippen molar-refractivity contribution in [3.8, 4) is 0 Å². The normalized spacial score (nSPS) is 20.4.